The molecule has 1 aliphatic rings. The molecule has 0 fully saturated rings. The minimum absolute atomic E-state index is 0.0679. The van der Waals surface area contributed by atoms with Gasteiger partial charge in [-0.25, -0.2) is 4.79 Å². The maximum Gasteiger partial charge on any atom is 0.337 e. The molecule has 1 heterocycles. The standard InChI is InChI=1S/C10H8ClNO3/c11-9-5-2-4-8(13)12-7(5)3-1-6(9)10(14)15/h1,3H,2,4H2,(H,12,13)(H,14,15). The lowest BCUT2D eigenvalue weighted by molar-refractivity contribution is -0.116. The second-order valence-electron chi connectivity index (χ2n) is 3.31. The number of carboxylic acid groups (broad SMARTS) is 1. The smallest absolute Gasteiger partial charge is 0.337 e. The van der Waals surface area contributed by atoms with Gasteiger partial charge in [0.15, 0.2) is 0 Å². The minimum atomic E-state index is -1.06. The van der Waals surface area contributed by atoms with Gasteiger partial charge in [-0.1, -0.05) is 11.6 Å². The van der Waals surface area contributed by atoms with Gasteiger partial charge in [-0.3, -0.25) is 4.79 Å². The number of rotatable bonds is 1. The number of aromatic carboxylic acids is 1. The van der Waals surface area contributed by atoms with Crippen molar-refractivity contribution < 1.29 is 14.7 Å². The number of anilines is 1. The molecule has 1 aliphatic heterocycles. The molecule has 1 aromatic carbocycles. The van der Waals surface area contributed by atoms with E-state index in [0.717, 1.165) is 0 Å². The molecule has 0 atom stereocenters. The van der Waals surface area contributed by atoms with Crippen molar-refractivity contribution in [1.82, 2.24) is 0 Å². The van der Waals surface area contributed by atoms with E-state index in [1.54, 1.807) is 6.07 Å². The first-order chi connectivity index (χ1) is 7.09. The Balaban J connectivity index is 2.53. The van der Waals surface area contributed by atoms with Crippen LogP contribution in [0.25, 0.3) is 0 Å². The number of carbonyl (C=O) groups excluding carboxylic acids is 1. The average molecular weight is 226 g/mol. The summed E-state index contributed by atoms with van der Waals surface area (Å²) in [5.41, 5.74) is 1.39. The summed E-state index contributed by atoms with van der Waals surface area (Å²) in [5.74, 6) is -1.12. The molecular formula is C10H8ClNO3. The van der Waals surface area contributed by atoms with Crippen molar-refractivity contribution in [2.75, 3.05) is 5.32 Å². The monoisotopic (exact) mass is 225 g/mol. The lowest BCUT2D eigenvalue weighted by Crippen LogP contribution is -2.19. The first kappa shape index (κ1) is 9.98. The summed E-state index contributed by atoms with van der Waals surface area (Å²) in [6.07, 6.45) is 0.830. The van der Waals surface area contributed by atoms with Crippen LogP contribution in [-0.2, 0) is 11.2 Å². The van der Waals surface area contributed by atoms with E-state index in [2.05, 4.69) is 5.32 Å². The van der Waals surface area contributed by atoms with E-state index in [4.69, 9.17) is 16.7 Å². The van der Waals surface area contributed by atoms with Gasteiger partial charge in [0.25, 0.3) is 0 Å². The van der Waals surface area contributed by atoms with E-state index in [1.807, 2.05) is 0 Å². The summed E-state index contributed by atoms with van der Waals surface area (Å²) in [6.45, 7) is 0. The molecule has 15 heavy (non-hydrogen) atoms. The van der Waals surface area contributed by atoms with Gasteiger partial charge in [-0.2, -0.15) is 0 Å². The Bertz CT molecular complexity index is 456. The van der Waals surface area contributed by atoms with Crippen LogP contribution in [0.3, 0.4) is 0 Å². The molecule has 0 aromatic heterocycles. The molecule has 0 bridgehead atoms. The van der Waals surface area contributed by atoms with Crippen LogP contribution in [0, 0.1) is 0 Å². The van der Waals surface area contributed by atoms with Crippen molar-refractivity contribution in [2.24, 2.45) is 0 Å². The zero-order chi connectivity index (χ0) is 11.0. The molecule has 0 aliphatic carbocycles. The molecule has 0 saturated heterocycles. The third-order valence-corrected chi connectivity index (χ3v) is 2.78. The molecule has 0 spiro atoms. The molecule has 4 nitrogen and oxygen atoms in total. The van der Waals surface area contributed by atoms with Crippen LogP contribution in [0.1, 0.15) is 22.3 Å². The quantitative estimate of drug-likeness (QED) is 0.767. The largest absolute Gasteiger partial charge is 0.478 e. The highest BCUT2D eigenvalue weighted by Crippen LogP contribution is 2.32. The van der Waals surface area contributed by atoms with Crippen LogP contribution in [0.15, 0.2) is 12.1 Å². The van der Waals surface area contributed by atoms with Crippen LogP contribution in [0.4, 0.5) is 5.69 Å². The molecular weight excluding hydrogens is 218 g/mol. The average Bonchev–Trinajstić information content (AvgIpc) is 2.17. The number of nitrogens with one attached hydrogen (secondary N) is 1. The maximum atomic E-state index is 11.1. The van der Waals surface area contributed by atoms with Crippen LogP contribution in [0.5, 0.6) is 0 Å². The van der Waals surface area contributed by atoms with Crippen molar-refractivity contribution in [3.63, 3.8) is 0 Å². The van der Waals surface area contributed by atoms with E-state index >= 15 is 0 Å². The summed E-state index contributed by atoms with van der Waals surface area (Å²) >= 11 is 5.94. The summed E-state index contributed by atoms with van der Waals surface area (Å²) < 4.78 is 0. The number of fused-ring (bicyclic) bond motifs is 1. The van der Waals surface area contributed by atoms with Crippen molar-refractivity contribution in [2.45, 2.75) is 12.8 Å². The number of hydrogen-bond acceptors (Lipinski definition) is 2. The lowest BCUT2D eigenvalue weighted by Gasteiger charge is -2.18. The van der Waals surface area contributed by atoms with Crippen molar-refractivity contribution in [3.8, 4) is 0 Å². The first-order valence-corrected chi connectivity index (χ1v) is 4.82. The van der Waals surface area contributed by atoms with Crippen molar-refractivity contribution >= 4 is 29.2 Å². The Morgan fingerprint density at radius 2 is 2.13 bits per heavy atom. The SMILES string of the molecule is O=C1CCc2c(ccc(C(=O)O)c2Cl)N1. The highest BCUT2D eigenvalue weighted by Gasteiger charge is 2.21. The van der Waals surface area contributed by atoms with Gasteiger partial charge < -0.3 is 10.4 Å². The van der Waals surface area contributed by atoms with Gasteiger partial charge in [0.1, 0.15) is 0 Å². The normalized spacial score (nSPS) is 14.3. The van der Waals surface area contributed by atoms with Gasteiger partial charge in [-0.05, 0) is 24.1 Å². The van der Waals surface area contributed by atoms with Crippen LogP contribution >= 0.6 is 11.6 Å². The number of carbonyl (C=O) groups is 2. The van der Waals surface area contributed by atoms with E-state index < -0.39 is 5.97 Å². The molecule has 78 valence electrons. The molecule has 2 N–H and O–H groups in total. The number of hydrogen-bond donors (Lipinski definition) is 2. The predicted molar refractivity (Wildman–Crippen MR) is 55.4 cm³/mol. The summed E-state index contributed by atoms with van der Waals surface area (Å²) in [4.78, 5) is 21.9. The fourth-order valence-electron chi connectivity index (χ4n) is 1.60. The number of halogens is 1. The van der Waals surface area contributed by atoms with Gasteiger partial charge in [0.2, 0.25) is 5.91 Å². The lowest BCUT2D eigenvalue weighted by atomic mass is 10.0. The zero-order valence-electron chi connectivity index (χ0n) is 7.71. The second kappa shape index (κ2) is 3.55. The first-order valence-electron chi connectivity index (χ1n) is 4.44. The van der Waals surface area contributed by atoms with Gasteiger partial charge in [0, 0.05) is 12.1 Å². The third kappa shape index (κ3) is 1.68. The molecule has 1 aromatic rings. The second-order valence-corrected chi connectivity index (χ2v) is 3.68. The topological polar surface area (TPSA) is 66.4 Å². The molecule has 2 rings (SSSR count). The fraction of sp³-hybridized carbons (Fsp3) is 0.200. The van der Waals surface area contributed by atoms with E-state index in [9.17, 15) is 9.59 Å². The Hall–Kier alpha value is -1.55. The Morgan fingerprint density at radius 1 is 1.40 bits per heavy atom. The summed E-state index contributed by atoms with van der Waals surface area (Å²) in [5, 5.41) is 11.7. The summed E-state index contributed by atoms with van der Waals surface area (Å²) in [7, 11) is 0. The Labute approximate surface area is 90.9 Å². The Kier molecular flexibility index (Phi) is 2.36. The van der Waals surface area contributed by atoms with E-state index in [1.165, 1.54) is 6.07 Å². The minimum Gasteiger partial charge on any atom is -0.478 e. The van der Waals surface area contributed by atoms with Gasteiger partial charge >= 0.3 is 5.97 Å². The molecule has 5 heteroatoms. The van der Waals surface area contributed by atoms with Crippen LogP contribution < -0.4 is 5.32 Å². The van der Waals surface area contributed by atoms with Gasteiger partial charge in [-0.15, -0.1) is 0 Å². The highest BCUT2D eigenvalue weighted by molar-refractivity contribution is 6.35. The summed E-state index contributed by atoms with van der Waals surface area (Å²) in [6, 6.07) is 2.97. The number of carboxylic acids is 1. The van der Waals surface area contributed by atoms with Crippen LogP contribution in [-0.4, -0.2) is 17.0 Å². The molecule has 0 radical (unpaired) electrons. The molecule has 1 amide bonds. The molecule has 0 saturated carbocycles. The highest BCUT2D eigenvalue weighted by atomic mass is 35.5. The maximum absolute atomic E-state index is 11.1. The predicted octanol–water partition coefficient (Wildman–Crippen LogP) is 1.92. The third-order valence-electron chi connectivity index (χ3n) is 2.35. The number of benzene rings is 1. The van der Waals surface area contributed by atoms with Crippen LogP contribution in [0.2, 0.25) is 5.02 Å². The molecule has 0 unspecified atom stereocenters. The fourth-order valence-corrected chi connectivity index (χ4v) is 1.94. The Morgan fingerprint density at radius 3 is 2.80 bits per heavy atom. The van der Waals surface area contributed by atoms with Gasteiger partial charge in [0.05, 0.1) is 10.6 Å². The van der Waals surface area contributed by atoms with Crippen molar-refractivity contribution in [3.05, 3.63) is 28.3 Å². The van der Waals surface area contributed by atoms with E-state index in [-0.39, 0.29) is 16.5 Å². The number of amides is 1. The zero-order valence-corrected chi connectivity index (χ0v) is 8.47. The van der Waals surface area contributed by atoms with Crippen molar-refractivity contribution in [1.29, 1.82) is 0 Å². The van der Waals surface area contributed by atoms with E-state index in [0.29, 0.717) is 24.1 Å².